The summed E-state index contributed by atoms with van der Waals surface area (Å²) in [5.74, 6) is -0.646. The SMILES string of the molecule is Cc1ccc(Nc2nc(NCCS(=O)(=O)[O-])nc(NCC(O)CO)n2)cc1SOO[O-].[Na+].[Na+]. The molecule has 172 valence electrons. The number of hydrogen-bond donors (Lipinski definition) is 5. The van der Waals surface area contributed by atoms with Crippen molar-refractivity contribution in [2.45, 2.75) is 17.9 Å². The van der Waals surface area contributed by atoms with Gasteiger partial charge in [-0.15, -0.1) is 0 Å². The van der Waals surface area contributed by atoms with Crippen LogP contribution in [-0.2, 0) is 19.5 Å². The van der Waals surface area contributed by atoms with Gasteiger partial charge in [-0.3, -0.25) is 5.04 Å². The van der Waals surface area contributed by atoms with Gasteiger partial charge in [0.1, 0.15) is 0 Å². The molecule has 2 aromatic rings. The van der Waals surface area contributed by atoms with Crippen molar-refractivity contribution < 1.29 is 96.9 Å². The van der Waals surface area contributed by atoms with Crippen LogP contribution in [0.4, 0.5) is 23.5 Å². The molecule has 0 bridgehead atoms. The average Bonchev–Trinajstić information content (AvgIpc) is 2.71. The van der Waals surface area contributed by atoms with Gasteiger partial charge in [0.25, 0.3) is 0 Å². The largest absolute Gasteiger partial charge is 1.00 e. The van der Waals surface area contributed by atoms with Crippen LogP contribution >= 0.6 is 12.0 Å². The van der Waals surface area contributed by atoms with Crippen LogP contribution in [0, 0.1) is 6.92 Å². The van der Waals surface area contributed by atoms with Crippen molar-refractivity contribution in [3.05, 3.63) is 23.8 Å². The topological polar surface area (TPSA) is 214 Å². The average molecular weight is 522 g/mol. The van der Waals surface area contributed by atoms with Crippen molar-refractivity contribution in [1.29, 1.82) is 0 Å². The molecule has 0 aliphatic rings. The van der Waals surface area contributed by atoms with Gasteiger partial charge in [-0.1, -0.05) is 6.07 Å². The Balaban J connectivity index is 0.00000512. The van der Waals surface area contributed by atoms with Gasteiger partial charge in [-0.05, 0) is 24.6 Å². The Hall–Kier alpha value is -0.310. The van der Waals surface area contributed by atoms with E-state index >= 15 is 0 Å². The first-order valence-electron chi connectivity index (χ1n) is 8.67. The third kappa shape index (κ3) is 12.8. The van der Waals surface area contributed by atoms with Gasteiger partial charge in [0.05, 0.1) is 40.6 Å². The van der Waals surface area contributed by atoms with Gasteiger partial charge >= 0.3 is 59.1 Å². The van der Waals surface area contributed by atoms with E-state index in [0.29, 0.717) is 22.6 Å². The van der Waals surface area contributed by atoms with Crippen LogP contribution in [-0.4, -0.2) is 69.7 Å². The van der Waals surface area contributed by atoms with Gasteiger partial charge in [0.2, 0.25) is 17.8 Å². The fraction of sp³-hybridized carbons (Fsp3) is 0.400. The van der Waals surface area contributed by atoms with Crippen molar-refractivity contribution in [1.82, 2.24) is 15.0 Å². The maximum absolute atomic E-state index is 10.8. The van der Waals surface area contributed by atoms with E-state index in [-0.39, 0.29) is 90.0 Å². The number of rotatable bonds is 13. The molecule has 0 saturated heterocycles. The second kappa shape index (κ2) is 16.4. The van der Waals surface area contributed by atoms with E-state index in [0.717, 1.165) is 5.56 Å². The summed E-state index contributed by atoms with van der Waals surface area (Å²) in [7, 11) is -4.43. The Bertz CT molecular complexity index is 975. The first kappa shape index (κ1) is 32.7. The molecule has 0 amide bonds. The molecular formula is C15H20N6Na2O8S2. The smallest absolute Gasteiger partial charge is 0.748 e. The third-order valence-corrected chi connectivity index (χ3v) is 5.02. The molecule has 5 N–H and O–H groups in total. The second-order valence-corrected chi connectivity index (χ2v) is 8.30. The Labute approximate surface area is 238 Å². The first-order chi connectivity index (χ1) is 14.7. The summed E-state index contributed by atoms with van der Waals surface area (Å²) < 4.78 is 36.7. The van der Waals surface area contributed by atoms with Crippen LogP contribution < -0.4 is 80.3 Å². The van der Waals surface area contributed by atoms with Crippen molar-refractivity contribution in [3.63, 3.8) is 0 Å². The zero-order chi connectivity index (χ0) is 22.9. The summed E-state index contributed by atoms with van der Waals surface area (Å²) in [6.45, 7) is 1.02. The number of nitrogens with zero attached hydrogens (tertiary/aromatic N) is 3. The number of aryl methyl sites for hydroxylation is 1. The standard InChI is InChI=1S/C15H22N6O8S2.2Na/c1-9-2-3-10(6-12(9)30-29-28-24)18-15-20-13(16-4-5-31(25,26)27)19-14(21-15)17-7-11(23)8-22;;/h2-3,6,11,22-24H,4-5,7-8H2,1H3,(H,25,26,27)(H3,16,17,18,19,20,21);;/q;2*+1/p-2. The van der Waals surface area contributed by atoms with Gasteiger partial charge in [0.15, 0.2) is 0 Å². The Morgan fingerprint density at radius 1 is 1.15 bits per heavy atom. The number of aromatic nitrogens is 3. The van der Waals surface area contributed by atoms with Crippen molar-refractivity contribution in [2.75, 3.05) is 41.4 Å². The summed E-state index contributed by atoms with van der Waals surface area (Å²) in [5, 5.41) is 40.0. The number of anilines is 4. The normalized spacial score (nSPS) is 11.7. The van der Waals surface area contributed by atoms with Crippen LogP contribution in [0.25, 0.3) is 0 Å². The van der Waals surface area contributed by atoms with E-state index in [2.05, 4.69) is 40.3 Å². The molecule has 0 radical (unpaired) electrons. The minimum Gasteiger partial charge on any atom is -0.748 e. The first-order valence-corrected chi connectivity index (χ1v) is 11.0. The van der Waals surface area contributed by atoms with Gasteiger partial charge in [-0.2, -0.15) is 19.3 Å². The van der Waals surface area contributed by atoms with E-state index in [1.165, 1.54) is 0 Å². The zero-order valence-electron chi connectivity index (χ0n) is 18.1. The fourth-order valence-corrected chi connectivity index (χ4v) is 2.93. The van der Waals surface area contributed by atoms with Gasteiger partial charge in [0, 0.05) is 23.7 Å². The van der Waals surface area contributed by atoms with Crippen LogP contribution in [0.3, 0.4) is 0 Å². The summed E-state index contributed by atoms with van der Waals surface area (Å²) >= 11 is 0.715. The summed E-state index contributed by atoms with van der Waals surface area (Å²) in [4.78, 5) is 12.8. The summed E-state index contributed by atoms with van der Waals surface area (Å²) in [6, 6.07) is 5.10. The predicted molar refractivity (Wildman–Crippen MR) is 107 cm³/mol. The zero-order valence-corrected chi connectivity index (χ0v) is 23.8. The van der Waals surface area contributed by atoms with Crippen molar-refractivity contribution in [2.24, 2.45) is 0 Å². The molecule has 14 nitrogen and oxygen atoms in total. The number of aliphatic hydroxyl groups excluding tert-OH is 2. The molecule has 1 aromatic carbocycles. The molecular weight excluding hydrogens is 502 g/mol. The molecule has 0 aliphatic carbocycles. The van der Waals surface area contributed by atoms with E-state index in [1.54, 1.807) is 25.1 Å². The molecule has 1 unspecified atom stereocenters. The Kier molecular flexibility index (Phi) is 16.2. The molecule has 2 rings (SSSR count). The summed E-state index contributed by atoms with van der Waals surface area (Å²) in [6.07, 6.45) is -1.06. The van der Waals surface area contributed by atoms with Crippen LogP contribution in [0.15, 0.2) is 23.1 Å². The second-order valence-electron chi connectivity index (χ2n) is 6.04. The molecule has 33 heavy (non-hydrogen) atoms. The third-order valence-electron chi connectivity index (χ3n) is 3.57. The number of benzene rings is 1. The molecule has 0 aliphatic heterocycles. The maximum Gasteiger partial charge on any atom is 1.00 e. The molecule has 0 saturated carbocycles. The molecule has 1 aromatic heterocycles. The van der Waals surface area contributed by atoms with Gasteiger partial charge < -0.3 is 36.0 Å². The fourth-order valence-electron chi connectivity index (χ4n) is 2.10. The monoisotopic (exact) mass is 522 g/mol. The predicted octanol–water partition coefficient (Wildman–Crippen LogP) is -7.12. The minimum atomic E-state index is -4.43. The van der Waals surface area contributed by atoms with Crippen molar-refractivity contribution in [3.8, 4) is 0 Å². The number of hydrogen-bond acceptors (Lipinski definition) is 15. The maximum atomic E-state index is 10.8. The minimum absolute atomic E-state index is 0. The Morgan fingerprint density at radius 2 is 1.79 bits per heavy atom. The number of aliphatic hydroxyl groups is 2. The molecule has 0 fully saturated rings. The molecule has 1 atom stereocenters. The molecule has 18 heteroatoms. The van der Waals surface area contributed by atoms with E-state index in [9.17, 15) is 23.3 Å². The van der Waals surface area contributed by atoms with Crippen LogP contribution in [0.1, 0.15) is 5.56 Å². The Morgan fingerprint density at radius 3 is 2.39 bits per heavy atom. The van der Waals surface area contributed by atoms with E-state index in [4.69, 9.17) is 5.11 Å². The quantitative estimate of drug-likeness (QED) is 0.0543. The van der Waals surface area contributed by atoms with Crippen LogP contribution in [0.2, 0.25) is 0 Å². The molecule has 0 spiro atoms. The van der Waals surface area contributed by atoms with Crippen molar-refractivity contribution >= 4 is 45.7 Å². The van der Waals surface area contributed by atoms with Crippen LogP contribution in [0.5, 0.6) is 0 Å². The summed E-state index contributed by atoms with van der Waals surface area (Å²) in [5.41, 5.74) is 1.33. The van der Waals surface area contributed by atoms with E-state index in [1.807, 2.05) is 0 Å². The number of nitrogens with one attached hydrogen (secondary N) is 3. The van der Waals surface area contributed by atoms with E-state index < -0.39 is 28.6 Å². The van der Waals surface area contributed by atoms with Gasteiger partial charge in [-0.25, -0.2) is 8.42 Å². The molecule has 1 heterocycles.